The van der Waals surface area contributed by atoms with Crippen molar-refractivity contribution in [1.29, 1.82) is 0 Å². The lowest BCUT2D eigenvalue weighted by Crippen LogP contribution is -2.35. The Labute approximate surface area is 97.2 Å². The monoisotopic (exact) mass is 248 g/mol. The molecule has 1 aliphatic rings. The van der Waals surface area contributed by atoms with Crippen molar-refractivity contribution in [3.63, 3.8) is 0 Å². The number of likely N-dealkylation sites (tertiary alicyclic amines) is 1. The Bertz CT molecular complexity index is 351. The lowest BCUT2D eigenvalue weighted by atomic mass is 10.1. The van der Waals surface area contributed by atoms with Crippen LogP contribution in [0.1, 0.15) is 27.2 Å². The van der Waals surface area contributed by atoms with Gasteiger partial charge < -0.3 is 4.90 Å². The van der Waals surface area contributed by atoms with Gasteiger partial charge in [-0.2, -0.15) is 0 Å². The molecule has 1 amide bonds. The van der Waals surface area contributed by atoms with Crippen LogP contribution in [0.3, 0.4) is 0 Å². The van der Waals surface area contributed by atoms with Gasteiger partial charge in [-0.3, -0.25) is 4.79 Å². The molecule has 1 aliphatic heterocycles. The summed E-state index contributed by atoms with van der Waals surface area (Å²) >= 11 is 0. The van der Waals surface area contributed by atoms with Crippen LogP contribution in [0.5, 0.6) is 0 Å². The van der Waals surface area contributed by atoms with Crippen LogP contribution < -0.4 is 4.72 Å². The molecule has 0 aromatic rings. The maximum Gasteiger partial charge on any atom is 0.219 e. The predicted octanol–water partition coefficient (Wildman–Crippen LogP) is 0.183. The quantitative estimate of drug-likeness (QED) is 0.772. The first-order valence-corrected chi connectivity index (χ1v) is 7.11. The summed E-state index contributed by atoms with van der Waals surface area (Å²) in [5.41, 5.74) is 0. The summed E-state index contributed by atoms with van der Waals surface area (Å²) in [7, 11) is -3.18. The molecule has 0 aromatic carbocycles. The average Bonchev–Trinajstić information content (AvgIpc) is 2.63. The number of carbonyl (C=O) groups excluding carboxylic acids is 1. The van der Waals surface area contributed by atoms with Gasteiger partial charge in [0, 0.05) is 26.6 Å². The van der Waals surface area contributed by atoms with Crippen molar-refractivity contribution in [1.82, 2.24) is 9.62 Å². The van der Waals surface area contributed by atoms with E-state index in [1.54, 1.807) is 25.7 Å². The van der Waals surface area contributed by atoms with Crippen molar-refractivity contribution in [2.75, 3.05) is 19.6 Å². The number of hydrogen-bond donors (Lipinski definition) is 1. The van der Waals surface area contributed by atoms with E-state index in [4.69, 9.17) is 0 Å². The Morgan fingerprint density at radius 3 is 2.56 bits per heavy atom. The Morgan fingerprint density at radius 1 is 1.50 bits per heavy atom. The first-order chi connectivity index (χ1) is 7.33. The molecule has 1 fully saturated rings. The van der Waals surface area contributed by atoms with Crippen LogP contribution in [0.2, 0.25) is 0 Å². The predicted molar refractivity (Wildman–Crippen MR) is 62.4 cm³/mol. The molecule has 1 saturated heterocycles. The minimum Gasteiger partial charge on any atom is -0.343 e. The van der Waals surface area contributed by atoms with Gasteiger partial charge in [-0.15, -0.1) is 0 Å². The topological polar surface area (TPSA) is 66.5 Å². The number of rotatable bonds is 4. The third kappa shape index (κ3) is 3.45. The summed E-state index contributed by atoms with van der Waals surface area (Å²) in [5.74, 6) is 0.312. The van der Waals surface area contributed by atoms with Crippen LogP contribution in [0.15, 0.2) is 0 Å². The van der Waals surface area contributed by atoms with Gasteiger partial charge in [-0.1, -0.05) is 0 Å². The molecule has 94 valence electrons. The molecular formula is C10H20N2O3S. The van der Waals surface area contributed by atoms with Gasteiger partial charge in [0.05, 0.1) is 5.25 Å². The van der Waals surface area contributed by atoms with Crippen molar-refractivity contribution in [3.05, 3.63) is 0 Å². The molecule has 1 heterocycles. The van der Waals surface area contributed by atoms with E-state index in [0.29, 0.717) is 13.1 Å². The Balaban J connectivity index is 2.39. The molecule has 0 saturated carbocycles. The zero-order chi connectivity index (χ0) is 12.3. The molecule has 5 nitrogen and oxygen atoms in total. The lowest BCUT2D eigenvalue weighted by molar-refractivity contribution is -0.127. The maximum absolute atomic E-state index is 11.5. The van der Waals surface area contributed by atoms with Gasteiger partial charge in [-0.25, -0.2) is 13.1 Å². The first kappa shape index (κ1) is 13.4. The zero-order valence-electron chi connectivity index (χ0n) is 10.1. The number of hydrogen-bond acceptors (Lipinski definition) is 3. The fourth-order valence-corrected chi connectivity index (χ4v) is 2.49. The van der Waals surface area contributed by atoms with Crippen LogP contribution in [-0.4, -0.2) is 44.1 Å². The number of nitrogens with one attached hydrogen (secondary N) is 1. The normalized spacial score (nSPS) is 21.8. The molecule has 0 radical (unpaired) electrons. The molecular weight excluding hydrogens is 228 g/mol. The highest BCUT2D eigenvalue weighted by atomic mass is 32.2. The third-order valence-corrected chi connectivity index (χ3v) is 4.74. The number of nitrogens with zero attached hydrogens (tertiary/aromatic N) is 1. The van der Waals surface area contributed by atoms with Gasteiger partial charge in [0.15, 0.2) is 0 Å². The van der Waals surface area contributed by atoms with Crippen LogP contribution >= 0.6 is 0 Å². The Morgan fingerprint density at radius 2 is 2.12 bits per heavy atom. The van der Waals surface area contributed by atoms with E-state index in [1.807, 2.05) is 0 Å². The maximum atomic E-state index is 11.5. The highest BCUT2D eigenvalue weighted by Gasteiger charge is 2.25. The number of sulfonamides is 1. The summed E-state index contributed by atoms with van der Waals surface area (Å²) < 4.78 is 25.6. The van der Waals surface area contributed by atoms with Crippen molar-refractivity contribution in [2.45, 2.75) is 32.4 Å². The summed E-state index contributed by atoms with van der Waals surface area (Å²) in [4.78, 5) is 12.8. The summed E-state index contributed by atoms with van der Waals surface area (Å²) in [6, 6.07) is 0. The molecule has 16 heavy (non-hydrogen) atoms. The zero-order valence-corrected chi connectivity index (χ0v) is 10.9. The van der Waals surface area contributed by atoms with Crippen molar-refractivity contribution < 1.29 is 13.2 Å². The average molecular weight is 248 g/mol. The SMILES string of the molecule is CC(=O)N1CC[C@H](CNS(=O)(=O)C(C)C)C1. The fraction of sp³-hybridized carbons (Fsp3) is 0.900. The number of carbonyl (C=O) groups is 1. The molecule has 0 spiro atoms. The first-order valence-electron chi connectivity index (χ1n) is 5.57. The molecule has 0 unspecified atom stereocenters. The molecule has 0 aliphatic carbocycles. The minimum atomic E-state index is -3.18. The highest BCUT2D eigenvalue weighted by Crippen LogP contribution is 2.15. The summed E-state index contributed by atoms with van der Waals surface area (Å²) in [6.07, 6.45) is 0.875. The van der Waals surface area contributed by atoms with E-state index < -0.39 is 15.3 Å². The molecule has 0 aromatic heterocycles. The van der Waals surface area contributed by atoms with E-state index in [1.165, 1.54) is 0 Å². The minimum absolute atomic E-state index is 0.0641. The summed E-state index contributed by atoms with van der Waals surface area (Å²) in [6.45, 7) is 6.68. The van der Waals surface area contributed by atoms with E-state index >= 15 is 0 Å². The standard InChI is InChI=1S/C10H20N2O3S/c1-8(2)16(14,15)11-6-10-4-5-12(7-10)9(3)13/h8,10-11H,4-7H2,1-3H3/t10-/m1/s1. The lowest BCUT2D eigenvalue weighted by Gasteiger charge is -2.15. The van der Waals surface area contributed by atoms with E-state index in [2.05, 4.69) is 4.72 Å². The summed E-state index contributed by atoms with van der Waals surface area (Å²) in [5, 5.41) is -0.405. The van der Waals surface area contributed by atoms with Gasteiger partial charge >= 0.3 is 0 Å². The second kappa shape index (κ2) is 5.14. The van der Waals surface area contributed by atoms with E-state index in [-0.39, 0.29) is 11.8 Å². The smallest absolute Gasteiger partial charge is 0.219 e. The van der Waals surface area contributed by atoms with Crippen LogP contribution in [-0.2, 0) is 14.8 Å². The van der Waals surface area contributed by atoms with Crippen LogP contribution in [0.25, 0.3) is 0 Å². The van der Waals surface area contributed by atoms with Gasteiger partial charge in [-0.05, 0) is 26.2 Å². The second-order valence-electron chi connectivity index (χ2n) is 4.56. The molecule has 1 atom stereocenters. The van der Waals surface area contributed by atoms with Crippen LogP contribution in [0.4, 0.5) is 0 Å². The van der Waals surface area contributed by atoms with Crippen LogP contribution in [0, 0.1) is 5.92 Å². The van der Waals surface area contributed by atoms with E-state index in [0.717, 1.165) is 13.0 Å². The third-order valence-electron chi connectivity index (χ3n) is 2.92. The molecule has 1 N–H and O–H groups in total. The number of amides is 1. The van der Waals surface area contributed by atoms with Crippen molar-refractivity contribution in [3.8, 4) is 0 Å². The molecule has 1 rings (SSSR count). The molecule has 0 bridgehead atoms. The molecule has 6 heteroatoms. The van der Waals surface area contributed by atoms with Gasteiger partial charge in [0.25, 0.3) is 0 Å². The van der Waals surface area contributed by atoms with Gasteiger partial charge in [0.2, 0.25) is 15.9 Å². The van der Waals surface area contributed by atoms with Gasteiger partial charge in [0.1, 0.15) is 0 Å². The van der Waals surface area contributed by atoms with Crippen molar-refractivity contribution in [2.24, 2.45) is 5.92 Å². The Hall–Kier alpha value is -0.620. The van der Waals surface area contributed by atoms with E-state index in [9.17, 15) is 13.2 Å². The largest absolute Gasteiger partial charge is 0.343 e. The Kier molecular flexibility index (Phi) is 4.32. The second-order valence-corrected chi connectivity index (χ2v) is 6.88. The fourth-order valence-electron chi connectivity index (χ4n) is 1.69. The van der Waals surface area contributed by atoms with Crippen molar-refractivity contribution >= 4 is 15.9 Å². The highest BCUT2D eigenvalue weighted by molar-refractivity contribution is 7.90.